The Morgan fingerprint density at radius 1 is 1.00 bits per heavy atom. The second-order valence-electron chi connectivity index (χ2n) is 9.94. The molecule has 1 aliphatic heterocycles. The number of aromatic nitrogens is 1. The number of hydrogen-bond acceptors (Lipinski definition) is 8. The van der Waals surface area contributed by atoms with Gasteiger partial charge in [-0.15, -0.1) is 0 Å². The first-order valence-corrected chi connectivity index (χ1v) is 14.4. The standard InChI is InChI=1S/C32H23N3O5.C2H6O.C2H6/c1-17-13-23-28(14-27(17)37)40-31-22(29(23)20-6-2-3-7-21(20)32(38)39)11-12-25(33)24(31)15-34-26-8-4-5-18-9-10-19(16-36)35-30(18)26;1-3-2;1-2/h2-14,16,34H,15,33H2,1H3,(H,38,39);1-2H3;1-2H3. The highest BCUT2D eigenvalue weighted by Crippen LogP contribution is 2.43. The second kappa shape index (κ2) is 14.3. The van der Waals surface area contributed by atoms with Crippen molar-refractivity contribution in [2.75, 3.05) is 25.3 Å². The summed E-state index contributed by atoms with van der Waals surface area (Å²) in [6.07, 6.45) is 0.700. The predicted octanol–water partition coefficient (Wildman–Crippen LogP) is 7.42. The highest BCUT2D eigenvalue weighted by Gasteiger charge is 2.24. The first-order chi connectivity index (χ1) is 21.8. The van der Waals surface area contributed by atoms with Crippen LogP contribution in [0.15, 0.2) is 88.1 Å². The first-order valence-electron chi connectivity index (χ1n) is 14.4. The molecule has 0 saturated heterocycles. The Labute approximate surface area is 260 Å². The molecule has 2 heterocycles. The molecule has 0 atom stereocenters. The number of carboxylic acid groups (broad SMARTS) is 1. The van der Waals surface area contributed by atoms with E-state index in [4.69, 9.17) is 10.2 Å². The Hall–Kier alpha value is -5.54. The summed E-state index contributed by atoms with van der Waals surface area (Å²) in [7, 11) is 3.25. The molecule has 4 N–H and O–H groups in total. The molecule has 6 rings (SSSR count). The third-order valence-corrected chi connectivity index (χ3v) is 7.07. The van der Waals surface area contributed by atoms with Crippen molar-refractivity contribution in [1.29, 1.82) is 0 Å². The molecule has 0 radical (unpaired) electrons. The number of hydrogen-bond donors (Lipinski definition) is 3. The molecule has 0 amide bonds. The maximum atomic E-state index is 12.6. The van der Waals surface area contributed by atoms with E-state index in [1.807, 2.05) is 38.1 Å². The Balaban J connectivity index is 0.000000871. The number of aromatic carboxylic acids is 1. The number of para-hydroxylation sites is 1. The van der Waals surface area contributed by atoms with E-state index in [0.717, 1.165) is 5.39 Å². The Morgan fingerprint density at radius 3 is 2.44 bits per heavy atom. The van der Waals surface area contributed by atoms with Gasteiger partial charge >= 0.3 is 5.97 Å². The number of pyridine rings is 1. The molecule has 0 fully saturated rings. The number of aldehydes is 1. The molecular weight excluding hydrogens is 570 g/mol. The van der Waals surface area contributed by atoms with Gasteiger partial charge in [-0.05, 0) is 54.4 Å². The average Bonchev–Trinajstić information content (AvgIpc) is 3.05. The van der Waals surface area contributed by atoms with Crippen LogP contribution in [0.5, 0.6) is 0 Å². The highest BCUT2D eigenvalue weighted by molar-refractivity contribution is 6.08. The molecule has 3 aromatic carbocycles. The van der Waals surface area contributed by atoms with E-state index in [2.05, 4.69) is 15.0 Å². The van der Waals surface area contributed by atoms with Crippen molar-refractivity contribution in [3.8, 4) is 22.5 Å². The summed E-state index contributed by atoms with van der Waals surface area (Å²) >= 11 is 0. The van der Waals surface area contributed by atoms with Crippen molar-refractivity contribution in [1.82, 2.24) is 4.98 Å². The van der Waals surface area contributed by atoms with Gasteiger partial charge in [0.2, 0.25) is 0 Å². The van der Waals surface area contributed by atoms with Crippen LogP contribution in [-0.4, -0.2) is 36.6 Å². The van der Waals surface area contributed by atoms with E-state index in [0.29, 0.717) is 73.4 Å². The predicted molar refractivity (Wildman–Crippen MR) is 179 cm³/mol. The number of benzene rings is 4. The van der Waals surface area contributed by atoms with Crippen molar-refractivity contribution < 1.29 is 23.8 Å². The maximum absolute atomic E-state index is 12.6. The topological polar surface area (TPSA) is 145 Å². The number of aryl methyl sites for hydroxylation is 1. The summed E-state index contributed by atoms with van der Waals surface area (Å²) in [6.45, 7) is 5.95. The van der Waals surface area contributed by atoms with E-state index < -0.39 is 5.97 Å². The molecule has 45 heavy (non-hydrogen) atoms. The number of carbonyl (C=O) groups is 2. The second-order valence-corrected chi connectivity index (χ2v) is 9.94. The Bertz CT molecular complexity index is 2030. The lowest BCUT2D eigenvalue weighted by Crippen LogP contribution is -2.09. The van der Waals surface area contributed by atoms with Crippen LogP contribution in [-0.2, 0) is 11.3 Å². The fraction of sp³-hybridized carbons (Fsp3) is 0.167. The molecular formula is C36H35N3O6. The Kier molecular flexibility index (Phi) is 10.3. The van der Waals surface area contributed by atoms with Crippen LogP contribution in [0.4, 0.5) is 11.4 Å². The summed E-state index contributed by atoms with van der Waals surface area (Å²) in [5, 5.41) is 14.9. The van der Waals surface area contributed by atoms with E-state index >= 15 is 0 Å². The molecule has 1 aliphatic carbocycles. The molecule has 230 valence electrons. The zero-order valence-electron chi connectivity index (χ0n) is 25.8. The highest BCUT2D eigenvalue weighted by atomic mass is 16.4. The maximum Gasteiger partial charge on any atom is 0.336 e. The van der Waals surface area contributed by atoms with Gasteiger partial charge < -0.3 is 25.3 Å². The van der Waals surface area contributed by atoms with Gasteiger partial charge in [0.15, 0.2) is 11.7 Å². The molecule has 0 spiro atoms. The molecule has 0 unspecified atom stereocenters. The minimum absolute atomic E-state index is 0.129. The number of fused-ring (bicyclic) bond motifs is 3. The minimum Gasteiger partial charge on any atom is -0.478 e. The van der Waals surface area contributed by atoms with Crippen LogP contribution < -0.4 is 16.5 Å². The zero-order chi connectivity index (χ0) is 32.7. The zero-order valence-corrected chi connectivity index (χ0v) is 25.8. The van der Waals surface area contributed by atoms with Crippen LogP contribution in [0.25, 0.3) is 44.3 Å². The summed E-state index contributed by atoms with van der Waals surface area (Å²) < 4.78 is 10.6. The number of ether oxygens (including phenoxy) is 1. The lowest BCUT2D eigenvalue weighted by molar-refractivity contribution is 0.0697. The monoisotopic (exact) mass is 605 g/mol. The number of nitrogens with two attached hydrogens (primary N) is 1. The average molecular weight is 606 g/mol. The molecule has 4 aromatic rings. The molecule has 1 aromatic heterocycles. The minimum atomic E-state index is -1.06. The summed E-state index contributed by atoms with van der Waals surface area (Å²) in [4.78, 5) is 40.6. The summed E-state index contributed by atoms with van der Waals surface area (Å²) in [5.74, 6) is -0.738. The van der Waals surface area contributed by atoms with Crippen molar-refractivity contribution in [2.45, 2.75) is 27.3 Å². The number of nitrogens with one attached hydrogen (secondary N) is 1. The van der Waals surface area contributed by atoms with Crippen LogP contribution in [0.2, 0.25) is 0 Å². The fourth-order valence-corrected chi connectivity index (χ4v) is 5.07. The van der Waals surface area contributed by atoms with Gasteiger partial charge in [0, 0.05) is 60.0 Å². The van der Waals surface area contributed by atoms with Crippen molar-refractivity contribution in [2.24, 2.45) is 0 Å². The molecule has 0 saturated carbocycles. The molecule has 2 aliphatic rings. The smallest absolute Gasteiger partial charge is 0.336 e. The first kappa shape index (κ1) is 32.4. The van der Waals surface area contributed by atoms with Gasteiger partial charge in [0.1, 0.15) is 17.0 Å². The van der Waals surface area contributed by atoms with Gasteiger partial charge in [0.25, 0.3) is 0 Å². The van der Waals surface area contributed by atoms with Gasteiger partial charge in [-0.25, -0.2) is 9.78 Å². The van der Waals surface area contributed by atoms with Crippen molar-refractivity contribution in [3.63, 3.8) is 0 Å². The number of rotatable bonds is 6. The van der Waals surface area contributed by atoms with Crippen LogP contribution in [0.1, 0.15) is 45.8 Å². The number of nitrogens with zero attached hydrogens (tertiary/aromatic N) is 1. The van der Waals surface area contributed by atoms with Gasteiger partial charge in [-0.3, -0.25) is 9.59 Å². The van der Waals surface area contributed by atoms with E-state index in [9.17, 15) is 19.5 Å². The quantitative estimate of drug-likeness (QED) is 0.100. The lowest BCUT2D eigenvalue weighted by Gasteiger charge is -2.20. The van der Waals surface area contributed by atoms with Crippen molar-refractivity contribution >= 4 is 45.5 Å². The van der Waals surface area contributed by atoms with Crippen LogP contribution in [0, 0.1) is 6.92 Å². The number of methoxy groups -OCH3 is 1. The number of anilines is 2. The van der Waals surface area contributed by atoms with Crippen LogP contribution >= 0.6 is 0 Å². The van der Waals surface area contributed by atoms with Gasteiger partial charge in [-0.2, -0.15) is 0 Å². The molecule has 0 bridgehead atoms. The number of carbonyl (C=O) groups excluding carboxylic acids is 1. The summed E-state index contributed by atoms with van der Waals surface area (Å²) in [6, 6.07) is 22.6. The number of carboxylic acids is 1. The lowest BCUT2D eigenvalue weighted by atomic mass is 9.89. The molecule has 9 heteroatoms. The van der Waals surface area contributed by atoms with Crippen LogP contribution in [0.3, 0.4) is 0 Å². The van der Waals surface area contributed by atoms with E-state index in [1.165, 1.54) is 6.07 Å². The van der Waals surface area contributed by atoms with Crippen molar-refractivity contribution in [3.05, 3.63) is 111 Å². The SMILES string of the molecule is CC.COC.Cc1cc2c(-c3ccccc3C(=O)O)c3ccc(N)c(CNc4cccc5ccc(C=O)nc45)c3oc-2cc1=O. The van der Waals surface area contributed by atoms with Gasteiger partial charge in [0.05, 0.1) is 16.8 Å². The Morgan fingerprint density at radius 2 is 1.73 bits per heavy atom. The largest absolute Gasteiger partial charge is 0.478 e. The third-order valence-electron chi connectivity index (χ3n) is 7.07. The molecule has 9 nitrogen and oxygen atoms in total. The summed E-state index contributed by atoms with van der Waals surface area (Å²) in [5.41, 5.74) is 11.9. The normalized spacial score (nSPS) is 10.5. The third kappa shape index (κ3) is 6.53. The number of nitrogen functional groups attached to an aromatic ring is 1. The fourth-order valence-electron chi connectivity index (χ4n) is 5.07. The van der Waals surface area contributed by atoms with Gasteiger partial charge in [-0.1, -0.05) is 50.2 Å². The van der Waals surface area contributed by atoms with E-state index in [1.54, 1.807) is 69.7 Å². The van der Waals surface area contributed by atoms with E-state index in [-0.39, 0.29) is 17.5 Å².